The van der Waals surface area contributed by atoms with Crippen molar-refractivity contribution in [2.75, 3.05) is 13.7 Å². The lowest BCUT2D eigenvalue weighted by molar-refractivity contribution is -0.160. The SMILES string of the molecule is C#CC1N(Cc2ccc(OC)cc2)CC12CCC(=O)N2C(=O)C(C)C. The minimum absolute atomic E-state index is 0.0944. The Labute approximate surface area is 148 Å². The predicted octanol–water partition coefficient (Wildman–Crippen LogP) is 2.06. The van der Waals surface area contributed by atoms with Gasteiger partial charge in [-0.25, -0.2) is 0 Å². The van der Waals surface area contributed by atoms with Gasteiger partial charge in [-0.3, -0.25) is 19.4 Å². The molecule has 2 atom stereocenters. The summed E-state index contributed by atoms with van der Waals surface area (Å²) < 4.78 is 5.18. The maximum atomic E-state index is 12.6. The Hall–Kier alpha value is -2.32. The second-order valence-corrected chi connectivity index (χ2v) is 7.15. The normalized spacial score (nSPS) is 26.0. The van der Waals surface area contributed by atoms with Crippen molar-refractivity contribution in [2.45, 2.75) is 44.8 Å². The van der Waals surface area contributed by atoms with E-state index in [-0.39, 0.29) is 23.8 Å². The molecule has 1 aromatic carbocycles. The molecule has 25 heavy (non-hydrogen) atoms. The molecule has 3 rings (SSSR count). The highest BCUT2D eigenvalue weighted by molar-refractivity contribution is 5.99. The molecular weight excluding hydrogens is 316 g/mol. The van der Waals surface area contributed by atoms with Gasteiger partial charge >= 0.3 is 0 Å². The summed E-state index contributed by atoms with van der Waals surface area (Å²) in [6.45, 7) is 4.97. The van der Waals surface area contributed by atoms with Crippen LogP contribution < -0.4 is 4.74 Å². The Bertz CT molecular complexity index is 719. The van der Waals surface area contributed by atoms with Crippen LogP contribution in [0.25, 0.3) is 0 Å². The Kier molecular flexibility index (Phi) is 4.57. The van der Waals surface area contributed by atoms with Gasteiger partial charge in [-0.15, -0.1) is 6.42 Å². The number of benzene rings is 1. The highest BCUT2D eigenvalue weighted by atomic mass is 16.5. The predicted molar refractivity (Wildman–Crippen MR) is 94.7 cm³/mol. The maximum Gasteiger partial charge on any atom is 0.232 e. The van der Waals surface area contributed by atoms with E-state index in [4.69, 9.17) is 11.2 Å². The molecule has 132 valence electrons. The molecule has 2 heterocycles. The molecule has 0 radical (unpaired) electrons. The van der Waals surface area contributed by atoms with Gasteiger partial charge in [0.15, 0.2) is 0 Å². The number of likely N-dealkylation sites (tertiary alicyclic amines) is 2. The van der Waals surface area contributed by atoms with Gasteiger partial charge in [-0.2, -0.15) is 0 Å². The molecule has 2 saturated heterocycles. The Morgan fingerprint density at radius 2 is 2.08 bits per heavy atom. The van der Waals surface area contributed by atoms with Gasteiger partial charge in [0.1, 0.15) is 5.75 Å². The summed E-state index contributed by atoms with van der Waals surface area (Å²) in [5.74, 6) is 3.21. The van der Waals surface area contributed by atoms with Crippen LogP contribution in [0, 0.1) is 18.3 Å². The molecule has 5 heteroatoms. The number of imide groups is 1. The average molecular weight is 340 g/mol. The number of carbonyl (C=O) groups excluding carboxylic acids is 2. The fourth-order valence-electron chi connectivity index (χ4n) is 3.93. The van der Waals surface area contributed by atoms with Gasteiger partial charge in [0.2, 0.25) is 11.8 Å². The molecule has 2 fully saturated rings. The smallest absolute Gasteiger partial charge is 0.232 e. The van der Waals surface area contributed by atoms with E-state index < -0.39 is 5.54 Å². The fourth-order valence-corrected chi connectivity index (χ4v) is 3.93. The summed E-state index contributed by atoms with van der Waals surface area (Å²) in [6.07, 6.45) is 6.85. The minimum Gasteiger partial charge on any atom is -0.497 e. The number of carbonyl (C=O) groups is 2. The van der Waals surface area contributed by atoms with Crippen molar-refractivity contribution >= 4 is 11.8 Å². The van der Waals surface area contributed by atoms with Crippen LogP contribution in [-0.4, -0.2) is 46.8 Å². The third-order valence-corrected chi connectivity index (χ3v) is 5.23. The van der Waals surface area contributed by atoms with E-state index in [0.717, 1.165) is 11.3 Å². The van der Waals surface area contributed by atoms with E-state index in [1.807, 2.05) is 38.1 Å². The number of hydrogen-bond acceptors (Lipinski definition) is 4. The van der Waals surface area contributed by atoms with Crippen LogP contribution in [0.15, 0.2) is 24.3 Å². The lowest BCUT2D eigenvalue weighted by Crippen LogP contribution is -2.75. The first-order chi connectivity index (χ1) is 11.9. The molecular formula is C20H24N2O3. The summed E-state index contributed by atoms with van der Waals surface area (Å²) in [6, 6.07) is 7.62. The highest BCUT2D eigenvalue weighted by Gasteiger charge is 2.61. The molecule has 5 nitrogen and oxygen atoms in total. The standard InChI is InChI=1S/C20H24N2O3/c1-5-17-20(11-10-18(23)22(20)19(24)14(2)3)13-21(17)12-15-6-8-16(25-4)9-7-15/h1,6-9,14,17H,10-13H2,2-4H3. The number of amides is 2. The number of ether oxygens (including phenoxy) is 1. The van der Waals surface area contributed by atoms with E-state index in [2.05, 4.69) is 10.8 Å². The van der Waals surface area contributed by atoms with Crippen molar-refractivity contribution in [3.05, 3.63) is 29.8 Å². The van der Waals surface area contributed by atoms with Crippen molar-refractivity contribution in [3.63, 3.8) is 0 Å². The van der Waals surface area contributed by atoms with Crippen LogP contribution >= 0.6 is 0 Å². The summed E-state index contributed by atoms with van der Waals surface area (Å²) in [5.41, 5.74) is 0.599. The fraction of sp³-hybridized carbons (Fsp3) is 0.500. The number of terminal acetylenes is 1. The number of nitrogens with zero attached hydrogens (tertiary/aromatic N) is 2. The largest absolute Gasteiger partial charge is 0.497 e. The second-order valence-electron chi connectivity index (χ2n) is 7.15. The summed E-state index contributed by atoms with van der Waals surface area (Å²) in [7, 11) is 1.64. The molecule has 0 bridgehead atoms. The van der Waals surface area contributed by atoms with E-state index in [1.165, 1.54) is 4.90 Å². The maximum absolute atomic E-state index is 12.6. The molecule has 2 unspecified atom stereocenters. The van der Waals surface area contributed by atoms with Crippen molar-refractivity contribution in [3.8, 4) is 18.1 Å². The summed E-state index contributed by atoms with van der Waals surface area (Å²) >= 11 is 0. The van der Waals surface area contributed by atoms with Gasteiger partial charge in [-0.1, -0.05) is 31.9 Å². The molecule has 0 aliphatic carbocycles. The average Bonchev–Trinajstić information content (AvgIpc) is 2.93. The second kappa shape index (κ2) is 6.53. The number of hydrogen-bond donors (Lipinski definition) is 0. The monoisotopic (exact) mass is 340 g/mol. The zero-order valence-electron chi connectivity index (χ0n) is 15.0. The molecule has 2 aliphatic heterocycles. The molecule has 0 N–H and O–H groups in total. The molecule has 0 saturated carbocycles. The summed E-state index contributed by atoms with van der Waals surface area (Å²) in [4.78, 5) is 28.5. The first kappa shape index (κ1) is 17.5. The highest BCUT2D eigenvalue weighted by Crippen LogP contribution is 2.44. The quantitative estimate of drug-likeness (QED) is 0.787. The molecule has 1 spiro atoms. The Morgan fingerprint density at radius 3 is 2.64 bits per heavy atom. The van der Waals surface area contributed by atoms with Crippen LogP contribution in [0.4, 0.5) is 0 Å². The van der Waals surface area contributed by atoms with Crippen molar-refractivity contribution < 1.29 is 14.3 Å². The first-order valence-electron chi connectivity index (χ1n) is 8.63. The first-order valence-corrected chi connectivity index (χ1v) is 8.63. The molecule has 0 aromatic heterocycles. The number of methoxy groups -OCH3 is 1. The van der Waals surface area contributed by atoms with Crippen LogP contribution in [-0.2, 0) is 16.1 Å². The van der Waals surface area contributed by atoms with Gasteiger partial charge in [-0.05, 0) is 24.1 Å². The molecule has 2 amide bonds. The zero-order chi connectivity index (χ0) is 18.2. The van der Waals surface area contributed by atoms with Crippen LogP contribution in [0.3, 0.4) is 0 Å². The van der Waals surface area contributed by atoms with E-state index in [1.54, 1.807) is 7.11 Å². The topological polar surface area (TPSA) is 49.9 Å². The number of rotatable bonds is 4. The van der Waals surface area contributed by atoms with Gasteiger partial charge in [0, 0.05) is 25.4 Å². The molecule has 1 aromatic rings. The van der Waals surface area contributed by atoms with Gasteiger partial charge in [0.05, 0.1) is 18.7 Å². The van der Waals surface area contributed by atoms with Crippen LogP contribution in [0.1, 0.15) is 32.3 Å². The van der Waals surface area contributed by atoms with E-state index >= 15 is 0 Å². The van der Waals surface area contributed by atoms with E-state index in [0.29, 0.717) is 25.9 Å². The lowest BCUT2D eigenvalue weighted by Gasteiger charge is -2.56. The Balaban J connectivity index is 1.78. The van der Waals surface area contributed by atoms with Gasteiger partial charge in [0.25, 0.3) is 0 Å². The molecule has 2 aliphatic rings. The van der Waals surface area contributed by atoms with E-state index in [9.17, 15) is 9.59 Å². The summed E-state index contributed by atoms with van der Waals surface area (Å²) in [5, 5.41) is 0. The van der Waals surface area contributed by atoms with Crippen molar-refractivity contribution in [1.82, 2.24) is 9.80 Å². The van der Waals surface area contributed by atoms with Crippen molar-refractivity contribution in [2.24, 2.45) is 5.92 Å². The van der Waals surface area contributed by atoms with Crippen LogP contribution in [0.5, 0.6) is 5.75 Å². The third-order valence-electron chi connectivity index (χ3n) is 5.23. The third kappa shape index (κ3) is 2.81. The lowest BCUT2D eigenvalue weighted by atomic mass is 9.77. The minimum atomic E-state index is -0.528. The zero-order valence-corrected chi connectivity index (χ0v) is 15.0. The van der Waals surface area contributed by atoms with Gasteiger partial charge < -0.3 is 4.74 Å². The van der Waals surface area contributed by atoms with Crippen LogP contribution in [0.2, 0.25) is 0 Å². The van der Waals surface area contributed by atoms with Crippen molar-refractivity contribution in [1.29, 1.82) is 0 Å². The Morgan fingerprint density at radius 1 is 1.40 bits per heavy atom.